The van der Waals surface area contributed by atoms with Crippen LogP contribution in [0.5, 0.6) is 0 Å². The first-order valence-electron chi connectivity index (χ1n) is 2.71. The molecule has 0 fully saturated rings. The van der Waals surface area contributed by atoms with E-state index in [0.29, 0.717) is 0 Å². The van der Waals surface area contributed by atoms with Gasteiger partial charge >= 0.3 is 0 Å². The summed E-state index contributed by atoms with van der Waals surface area (Å²) in [5, 5.41) is 2.87. The maximum atomic E-state index is 4.95. The zero-order valence-corrected chi connectivity index (χ0v) is 5.50. The van der Waals surface area contributed by atoms with E-state index in [1.807, 2.05) is 0 Å². The second-order valence-corrected chi connectivity index (χ2v) is 1.73. The van der Waals surface area contributed by atoms with E-state index >= 15 is 0 Å². The van der Waals surface area contributed by atoms with Gasteiger partial charge in [0.25, 0.3) is 0 Å². The van der Waals surface area contributed by atoms with Gasteiger partial charge in [0.2, 0.25) is 0 Å². The number of aliphatic imine (C=N–C) groups is 1. The minimum atomic E-state index is -0.185. The smallest absolute Gasteiger partial charge is 0.194 e. The molecule has 52 valence electrons. The number of nitrogens with zero attached hydrogens (tertiary/aromatic N) is 1. The third-order valence-electron chi connectivity index (χ3n) is 1.21. The third kappa shape index (κ3) is 1.20. The van der Waals surface area contributed by atoms with Crippen LogP contribution in [0.15, 0.2) is 4.99 Å². The number of hydrogen-bond acceptors (Lipinski definition) is 4. The quantitative estimate of drug-likeness (QED) is 0.551. The summed E-state index contributed by atoms with van der Waals surface area (Å²) in [5.74, 6) is 0. The van der Waals surface area contributed by atoms with Gasteiger partial charge < -0.3 is 14.8 Å². The van der Waals surface area contributed by atoms with Crippen molar-refractivity contribution in [3.63, 3.8) is 0 Å². The van der Waals surface area contributed by atoms with Crippen molar-refractivity contribution in [1.82, 2.24) is 5.32 Å². The molecule has 2 unspecified atom stereocenters. The van der Waals surface area contributed by atoms with Crippen molar-refractivity contribution in [1.29, 1.82) is 0 Å². The largest absolute Gasteiger partial charge is 0.357 e. The molecule has 0 spiro atoms. The highest BCUT2D eigenvalue weighted by Gasteiger charge is 2.21. The Hall–Kier alpha value is -0.610. The second kappa shape index (κ2) is 2.80. The van der Waals surface area contributed by atoms with Crippen molar-refractivity contribution in [2.45, 2.75) is 12.5 Å². The average molecular weight is 130 g/mol. The molecule has 4 heteroatoms. The lowest BCUT2D eigenvalue weighted by Gasteiger charge is -2.13. The van der Waals surface area contributed by atoms with E-state index in [2.05, 4.69) is 10.3 Å². The molecule has 0 aromatic carbocycles. The second-order valence-electron chi connectivity index (χ2n) is 1.73. The number of hydrogen-bond donors (Lipinski definition) is 1. The van der Waals surface area contributed by atoms with Crippen molar-refractivity contribution in [2.75, 3.05) is 14.2 Å². The van der Waals surface area contributed by atoms with Crippen LogP contribution in [0.4, 0.5) is 0 Å². The fraction of sp³-hybridized carbons (Fsp3) is 0.800. The summed E-state index contributed by atoms with van der Waals surface area (Å²) in [6, 6.07) is 0. The minimum Gasteiger partial charge on any atom is -0.357 e. The fourth-order valence-corrected chi connectivity index (χ4v) is 0.719. The first-order valence-corrected chi connectivity index (χ1v) is 2.71. The Morgan fingerprint density at radius 2 is 2.22 bits per heavy atom. The van der Waals surface area contributed by atoms with E-state index in [4.69, 9.17) is 9.47 Å². The number of nitrogens with one attached hydrogen (secondary N) is 1. The lowest BCUT2D eigenvalue weighted by Crippen LogP contribution is -2.34. The van der Waals surface area contributed by atoms with Gasteiger partial charge in [-0.2, -0.15) is 0 Å². The molecule has 1 aliphatic rings. The monoisotopic (exact) mass is 130 g/mol. The number of rotatable bonds is 2. The summed E-state index contributed by atoms with van der Waals surface area (Å²) in [6.07, 6.45) is 1.28. The zero-order chi connectivity index (χ0) is 6.69. The Morgan fingerprint density at radius 3 is 2.67 bits per heavy atom. The maximum Gasteiger partial charge on any atom is 0.194 e. The highest BCUT2D eigenvalue weighted by Crippen LogP contribution is 2.03. The molecule has 1 rings (SSSR count). The Bertz CT molecular complexity index is 116. The van der Waals surface area contributed by atoms with Gasteiger partial charge in [0.1, 0.15) is 0 Å². The molecule has 0 amide bonds. The molecule has 4 nitrogen and oxygen atoms in total. The SMILES string of the molecule is COC1N=CNC1OC. The average Bonchev–Trinajstić information content (AvgIpc) is 2.33. The van der Waals surface area contributed by atoms with E-state index in [-0.39, 0.29) is 12.5 Å². The minimum absolute atomic E-state index is 0.116. The van der Waals surface area contributed by atoms with E-state index in [0.717, 1.165) is 0 Å². The van der Waals surface area contributed by atoms with Gasteiger partial charge in [-0.25, -0.2) is 4.99 Å². The van der Waals surface area contributed by atoms with Crippen molar-refractivity contribution in [3.05, 3.63) is 0 Å². The van der Waals surface area contributed by atoms with Crippen molar-refractivity contribution in [2.24, 2.45) is 4.99 Å². The zero-order valence-electron chi connectivity index (χ0n) is 5.50. The highest BCUT2D eigenvalue weighted by molar-refractivity contribution is 5.57. The highest BCUT2D eigenvalue weighted by atomic mass is 16.5. The molecule has 0 aromatic rings. The van der Waals surface area contributed by atoms with Crippen LogP contribution >= 0.6 is 0 Å². The lowest BCUT2D eigenvalue weighted by atomic mass is 10.5. The molecule has 1 aliphatic heterocycles. The van der Waals surface area contributed by atoms with Crippen LogP contribution < -0.4 is 5.32 Å². The normalized spacial score (nSPS) is 32.7. The summed E-state index contributed by atoms with van der Waals surface area (Å²) in [7, 11) is 3.21. The number of ether oxygens (including phenoxy) is 2. The van der Waals surface area contributed by atoms with Crippen molar-refractivity contribution < 1.29 is 9.47 Å². The van der Waals surface area contributed by atoms with Crippen LogP contribution in [-0.2, 0) is 9.47 Å². The Morgan fingerprint density at radius 1 is 1.44 bits per heavy atom. The van der Waals surface area contributed by atoms with E-state index < -0.39 is 0 Å². The first-order chi connectivity index (χ1) is 4.38. The van der Waals surface area contributed by atoms with Crippen molar-refractivity contribution >= 4 is 6.34 Å². The molecular formula is C5H10N2O2. The van der Waals surface area contributed by atoms with Gasteiger partial charge in [-0.3, -0.25) is 0 Å². The molecule has 0 bridgehead atoms. The molecule has 0 saturated heterocycles. The van der Waals surface area contributed by atoms with Gasteiger partial charge in [-0.05, 0) is 0 Å². The summed E-state index contributed by atoms with van der Waals surface area (Å²) in [4.78, 5) is 3.92. The van der Waals surface area contributed by atoms with Crippen LogP contribution in [0.3, 0.4) is 0 Å². The molecule has 1 N–H and O–H groups in total. The molecule has 0 aromatic heterocycles. The predicted molar refractivity (Wildman–Crippen MR) is 33.2 cm³/mol. The molecular weight excluding hydrogens is 120 g/mol. The topological polar surface area (TPSA) is 42.8 Å². The standard InChI is InChI=1S/C5H10N2O2/c1-8-4-5(9-2)7-3-6-4/h3-5H,1-2H3,(H,6,7). The van der Waals surface area contributed by atoms with Crippen LogP contribution in [0.25, 0.3) is 0 Å². The van der Waals surface area contributed by atoms with Gasteiger partial charge in [-0.15, -0.1) is 0 Å². The molecule has 2 atom stereocenters. The van der Waals surface area contributed by atoms with E-state index in [1.165, 1.54) is 0 Å². The van der Waals surface area contributed by atoms with Crippen LogP contribution in [-0.4, -0.2) is 33.0 Å². The summed E-state index contributed by atoms with van der Waals surface area (Å²) in [5.41, 5.74) is 0. The Labute approximate surface area is 53.9 Å². The van der Waals surface area contributed by atoms with E-state index in [9.17, 15) is 0 Å². The molecule has 0 radical (unpaired) electrons. The third-order valence-corrected chi connectivity index (χ3v) is 1.21. The van der Waals surface area contributed by atoms with Crippen LogP contribution in [0.2, 0.25) is 0 Å². The Balaban J connectivity index is 2.39. The molecule has 0 aliphatic carbocycles. The summed E-state index contributed by atoms with van der Waals surface area (Å²) < 4.78 is 9.88. The van der Waals surface area contributed by atoms with Gasteiger partial charge in [0.05, 0.1) is 6.34 Å². The van der Waals surface area contributed by atoms with Gasteiger partial charge in [-0.1, -0.05) is 0 Å². The van der Waals surface area contributed by atoms with Gasteiger partial charge in [0, 0.05) is 14.2 Å². The molecule has 1 heterocycles. The first kappa shape index (κ1) is 6.51. The lowest BCUT2D eigenvalue weighted by molar-refractivity contribution is -0.0281. The van der Waals surface area contributed by atoms with Crippen LogP contribution in [0.1, 0.15) is 0 Å². The maximum absolute atomic E-state index is 4.95. The molecule has 0 saturated carbocycles. The summed E-state index contributed by atoms with van der Waals surface area (Å²) in [6.45, 7) is 0. The summed E-state index contributed by atoms with van der Waals surface area (Å²) >= 11 is 0. The van der Waals surface area contributed by atoms with Gasteiger partial charge in [0.15, 0.2) is 12.5 Å². The van der Waals surface area contributed by atoms with E-state index in [1.54, 1.807) is 20.6 Å². The van der Waals surface area contributed by atoms with Crippen molar-refractivity contribution in [3.8, 4) is 0 Å². The predicted octanol–water partition coefficient (Wildman–Crippen LogP) is -0.437. The Kier molecular flexibility index (Phi) is 2.02. The molecule has 9 heavy (non-hydrogen) atoms. The fourth-order valence-electron chi connectivity index (χ4n) is 0.719. The number of methoxy groups -OCH3 is 2. The van der Waals surface area contributed by atoms with Crippen LogP contribution in [0, 0.1) is 0 Å².